The predicted octanol–water partition coefficient (Wildman–Crippen LogP) is 4.31. The first-order valence-electron chi connectivity index (χ1n) is 7.68. The molecule has 0 fully saturated rings. The van der Waals surface area contributed by atoms with Crippen LogP contribution < -0.4 is 4.74 Å². The molecule has 124 valence electrons. The van der Waals surface area contributed by atoms with Crippen molar-refractivity contribution in [2.24, 2.45) is 7.05 Å². The summed E-state index contributed by atoms with van der Waals surface area (Å²) < 4.78 is 21.3. The van der Waals surface area contributed by atoms with E-state index in [1.54, 1.807) is 12.1 Å². The molecule has 0 unspecified atom stereocenters. The van der Waals surface area contributed by atoms with Crippen molar-refractivity contribution in [1.82, 2.24) is 14.8 Å². The van der Waals surface area contributed by atoms with Crippen molar-refractivity contribution in [2.45, 2.75) is 17.8 Å². The van der Waals surface area contributed by atoms with E-state index >= 15 is 0 Å². The molecule has 0 aliphatic carbocycles. The maximum absolute atomic E-state index is 13.7. The van der Waals surface area contributed by atoms with Crippen LogP contribution in [0.4, 0.5) is 4.39 Å². The number of para-hydroxylation sites is 1. The van der Waals surface area contributed by atoms with Gasteiger partial charge in [-0.2, -0.15) is 0 Å². The lowest BCUT2D eigenvalue weighted by Gasteiger charge is -2.09. The van der Waals surface area contributed by atoms with Crippen molar-refractivity contribution in [2.75, 3.05) is 6.61 Å². The van der Waals surface area contributed by atoms with E-state index in [4.69, 9.17) is 4.74 Å². The van der Waals surface area contributed by atoms with E-state index in [0.717, 1.165) is 22.3 Å². The molecular weight excluding hydrogens is 325 g/mol. The van der Waals surface area contributed by atoms with Gasteiger partial charge < -0.3 is 9.30 Å². The van der Waals surface area contributed by atoms with Gasteiger partial charge in [0.25, 0.3) is 0 Å². The lowest BCUT2D eigenvalue weighted by molar-refractivity contribution is 0.341. The summed E-state index contributed by atoms with van der Waals surface area (Å²) in [5.41, 5.74) is 1.55. The largest absolute Gasteiger partial charge is 0.493 e. The minimum Gasteiger partial charge on any atom is -0.493 e. The summed E-state index contributed by atoms with van der Waals surface area (Å²) in [7, 11) is 1.90. The van der Waals surface area contributed by atoms with E-state index in [1.807, 2.05) is 48.9 Å². The molecular formula is C18H18FN3OS. The lowest BCUT2D eigenvalue weighted by Crippen LogP contribution is -1.99. The number of aromatic nitrogens is 3. The summed E-state index contributed by atoms with van der Waals surface area (Å²) in [4.78, 5) is 0. The minimum absolute atomic E-state index is 0.200. The molecule has 0 aliphatic rings. The molecule has 3 rings (SSSR count). The summed E-state index contributed by atoms with van der Waals surface area (Å²) in [6.07, 6.45) is 0. The fraction of sp³-hybridized carbons (Fsp3) is 0.222. The van der Waals surface area contributed by atoms with Crippen LogP contribution in [-0.4, -0.2) is 21.4 Å². The third kappa shape index (κ3) is 3.43. The highest BCUT2D eigenvalue weighted by Crippen LogP contribution is 2.31. The highest BCUT2D eigenvalue weighted by Gasteiger charge is 2.15. The zero-order valence-corrected chi connectivity index (χ0v) is 14.4. The Hall–Kier alpha value is -2.34. The van der Waals surface area contributed by atoms with Gasteiger partial charge in [0.1, 0.15) is 11.6 Å². The van der Waals surface area contributed by atoms with Crippen LogP contribution in [0, 0.1) is 5.82 Å². The topological polar surface area (TPSA) is 39.9 Å². The number of halogens is 1. The van der Waals surface area contributed by atoms with Crippen molar-refractivity contribution in [3.63, 3.8) is 0 Å². The fourth-order valence-corrected chi connectivity index (χ4v) is 3.26. The van der Waals surface area contributed by atoms with Gasteiger partial charge in [-0.1, -0.05) is 42.1 Å². The van der Waals surface area contributed by atoms with Gasteiger partial charge >= 0.3 is 0 Å². The molecule has 0 saturated heterocycles. The highest BCUT2D eigenvalue weighted by atomic mass is 32.2. The molecule has 4 nitrogen and oxygen atoms in total. The quantitative estimate of drug-likeness (QED) is 0.625. The van der Waals surface area contributed by atoms with Crippen LogP contribution in [0.2, 0.25) is 0 Å². The zero-order valence-electron chi connectivity index (χ0n) is 13.6. The van der Waals surface area contributed by atoms with Gasteiger partial charge in [-0.15, -0.1) is 10.2 Å². The molecule has 2 aromatic carbocycles. The van der Waals surface area contributed by atoms with Crippen LogP contribution in [-0.2, 0) is 12.8 Å². The number of ether oxygens (including phenoxy) is 1. The van der Waals surface area contributed by atoms with Crippen LogP contribution >= 0.6 is 11.8 Å². The lowest BCUT2D eigenvalue weighted by atomic mass is 10.2. The Balaban J connectivity index is 1.83. The second-order valence-electron chi connectivity index (χ2n) is 5.17. The van der Waals surface area contributed by atoms with Gasteiger partial charge in [0.15, 0.2) is 11.0 Å². The van der Waals surface area contributed by atoms with Gasteiger partial charge in [-0.3, -0.25) is 0 Å². The second-order valence-corrected chi connectivity index (χ2v) is 6.12. The molecule has 0 radical (unpaired) electrons. The standard InChI is InChI=1S/C18H18FN3OS/c1-3-23-16-11-7-5-9-14(16)17-20-21-18(22(17)2)24-12-13-8-4-6-10-15(13)19/h4-11H,3,12H2,1-2H3. The maximum atomic E-state index is 13.7. The molecule has 0 spiro atoms. The number of benzene rings is 2. The molecule has 0 N–H and O–H groups in total. The van der Waals surface area contributed by atoms with Crippen molar-refractivity contribution >= 4 is 11.8 Å². The smallest absolute Gasteiger partial charge is 0.191 e. The summed E-state index contributed by atoms with van der Waals surface area (Å²) in [5.74, 6) is 1.82. The number of thioether (sulfide) groups is 1. The van der Waals surface area contributed by atoms with Gasteiger partial charge in [-0.05, 0) is 30.7 Å². The summed E-state index contributed by atoms with van der Waals surface area (Å²) in [6, 6.07) is 14.5. The molecule has 3 aromatic rings. The minimum atomic E-state index is -0.200. The van der Waals surface area contributed by atoms with Gasteiger partial charge in [0.2, 0.25) is 0 Å². The Morgan fingerprint density at radius 3 is 2.62 bits per heavy atom. The van der Waals surface area contributed by atoms with E-state index in [2.05, 4.69) is 10.2 Å². The Bertz CT molecular complexity index is 835. The second kappa shape index (κ2) is 7.49. The van der Waals surface area contributed by atoms with E-state index in [9.17, 15) is 4.39 Å². The third-order valence-electron chi connectivity index (χ3n) is 3.58. The van der Waals surface area contributed by atoms with Crippen LogP contribution in [0.3, 0.4) is 0 Å². The van der Waals surface area contributed by atoms with E-state index in [-0.39, 0.29) is 5.82 Å². The Morgan fingerprint density at radius 2 is 1.83 bits per heavy atom. The average Bonchev–Trinajstić information content (AvgIpc) is 2.96. The summed E-state index contributed by atoms with van der Waals surface area (Å²) >= 11 is 1.46. The SMILES string of the molecule is CCOc1ccccc1-c1nnc(SCc2ccccc2F)n1C. The molecule has 0 amide bonds. The monoisotopic (exact) mass is 343 g/mol. The van der Waals surface area contributed by atoms with Crippen LogP contribution in [0.1, 0.15) is 12.5 Å². The van der Waals surface area contributed by atoms with Crippen LogP contribution in [0.25, 0.3) is 11.4 Å². The number of nitrogens with zero attached hydrogens (tertiary/aromatic N) is 3. The molecule has 0 bridgehead atoms. The maximum Gasteiger partial charge on any atom is 0.191 e. The van der Waals surface area contributed by atoms with Crippen molar-refractivity contribution in [3.8, 4) is 17.1 Å². The van der Waals surface area contributed by atoms with E-state index in [1.165, 1.54) is 17.8 Å². The van der Waals surface area contributed by atoms with Crippen LogP contribution in [0.5, 0.6) is 5.75 Å². The van der Waals surface area contributed by atoms with E-state index in [0.29, 0.717) is 17.9 Å². The molecule has 1 heterocycles. The van der Waals surface area contributed by atoms with Gasteiger partial charge in [-0.25, -0.2) is 4.39 Å². The molecule has 1 aromatic heterocycles. The average molecular weight is 343 g/mol. The van der Waals surface area contributed by atoms with Crippen LogP contribution in [0.15, 0.2) is 53.7 Å². The summed E-state index contributed by atoms with van der Waals surface area (Å²) in [6.45, 7) is 2.53. The van der Waals surface area contributed by atoms with Crippen molar-refractivity contribution in [1.29, 1.82) is 0 Å². The zero-order chi connectivity index (χ0) is 16.9. The third-order valence-corrected chi connectivity index (χ3v) is 4.65. The Morgan fingerprint density at radius 1 is 1.08 bits per heavy atom. The first kappa shape index (κ1) is 16.5. The fourth-order valence-electron chi connectivity index (χ4n) is 2.37. The van der Waals surface area contributed by atoms with E-state index < -0.39 is 0 Å². The normalized spacial score (nSPS) is 10.8. The molecule has 0 atom stereocenters. The summed E-state index contributed by atoms with van der Waals surface area (Å²) in [5, 5.41) is 9.25. The Kier molecular flexibility index (Phi) is 5.15. The molecule has 0 saturated carbocycles. The highest BCUT2D eigenvalue weighted by molar-refractivity contribution is 7.98. The first-order valence-corrected chi connectivity index (χ1v) is 8.67. The number of hydrogen-bond acceptors (Lipinski definition) is 4. The molecule has 0 aliphatic heterocycles. The van der Waals surface area contributed by atoms with Gasteiger partial charge in [0.05, 0.1) is 12.2 Å². The first-order chi connectivity index (χ1) is 11.7. The Labute approximate surface area is 144 Å². The van der Waals surface area contributed by atoms with Crippen molar-refractivity contribution in [3.05, 3.63) is 59.9 Å². The van der Waals surface area contributed by atoms with Gasteiger partial charge in [0, 0.05) is 12.8 Å². The molecule has 6 heteroatoms. The number of hydrogen-bond donors (Lipinski definition) is 0. The predicted molar refractivity (Wildman–Crippen MR) is 93.6 cm³/mol. The molecule has 24 heavy (non-hydrogen) atoms. The number of rotatable bonds is 6. The van der Waals surface area contributed by atoms with Crippen molar-refractivity contribution < 1.29 is 9.13 Å².